The highest BCUT2D eigenvalue weighted by Crippen LogP contribution is 2.08. The fourth-order valence-corrected chi connectivity index (χ4v) is 1.69. The molecule has 0 atom stereocenters. The molecule has 0 saturated heterocycles. The molecule has 13 heavy (non-hydrogen) atoms. The van der Waals surface area contributed by atoms with Crippen LogP contribution in [0, 0.1) is 12.7 Å². The SMILES string of the molecule is Cc1ncc(CS(C)(=O)=O)cc1F. The third-order valence-corrected chi connectivity index (χ3v) is 2.37. The van der Waals surface area contributed by atoms with Gasteiger partial charge in [0.2, 0.25) is 0 Å². The lowest BCUT2D eigenvalue weighted by atomic mass is 10.3. The van der Waals surface area contributed by atoms with E-state index in [2.05, 4.69) is 4.98 Å². The Morgan fingerprint density at radius 2 is 2.15 bits per heavy atom. The molecule has 0 unspecified atom stereocenters. The second-order valence-electron chi connectivity index (χ2n) is 2.98. The van der Waals surface area contributed by atoms with Gasteiger partial charge in [0.05, 0.1) is 11.4 Å². The molecule has 0 spiro atoms. The maximum Gasteiger partial charge on any atom is 0.151 e. The molecule has 1 rings (SSSR count). The quantitative estimate of drug-likeness (QED) is 0.722. The first-order valence-corrected chi connectivity index (χ1v) is 5.73. The fourth-order valence-electron chi connectivity index (χ4n) is 0.928. The highest BCUT2D eigenvalue weighted by atomic mass is 32.2. The molecule has 0 saturated carbocycles. The van der Waals surface area contributed by atoms with Crippen LogP contribution in [0.1, 0.15) is 11.3 Å². The summed E-state index contributed by atoms with van der Waals surface area (Å²) in [6.07, 6.45) is 2.48. The molecule has 1 heterocycles. The maximum atomic E-state index is 12.9. The smallest absolute Gasteiger partial charge is 0.151 e. The van der Waals surface area contributed by atoms with Gasteiger partial charge in [0, 0.05) is 12.5 Å². The predicted molar refractivity (Wildman–Crippen MR) is 47.5 cm³/mol. The lowest BCUT2D eigenvalue weighted by molar-refractivity contribution is 0.598. The van der Waals surface area contributed by atoms with Crippen molar-refractivity contribution in [3.63, 3.8) is 0 Å². The second kappa shape index (κ2) is 3.41. The Kier molecular flexibility index (Phi) is 2.66. The van der Waals surface area contributed by atoms with Crippen molar-refractivity contribution in [1.29, 1.82) is 0 Å². The van der Waals surface area contributed by atoms with Gasteiger partial charge in [-0.05, 0) is 18.6 Å². The van der Waals surface area contributed by atoms with E-state index in [4.69, 9.17) is 0 Å². The first-order chi connectivity index (χ1) is 5.88. The Morgan fingerprint density at radius 3 is 2.62 bits per heavy atom. The summed E-state index contributed by atoms with van der Waals surface area (Å²) >= 11 is 0. The van der Waals surface area contributed by atoms with Crippen LogP contribution in [0.3, 0.4) is 0 Å². The minimum absolute atomic E-state index is 0.169. The molecule has 0 amide bonds. The number of halogens is 1. The van der Waals surface area contributed by atoms with Gasteiger partial charge in [0.25, 0.3) is 0 Å². The molecular formula is C8H10FNO2S. The molecule has 0 aliphatic rings. The number of aromatic nitrogens is 1. The molecule has 0 N–H and O–H groups in total. The maximum absolute atomic E-state index is 12.9. The van der Waals surface area contributed by atoms with Gasteiger partial charge in [-0.1, -0.05) is 0 Å². The molecule has 0 aromatic carbocycles. The summed E-state index contributed by atoms with van der Waals surface area (Å²) in [5.74, 6) is -0.641. The summed E-state index contributed by atoms with van der Waals surface area (Å²) in [5.41, 5.74) is 0.655. The number of hydrogen-bond donors (Lipinski definition) is 0. The lowest BCUT2D eigenvalue weighted by Gasteiger charge is -2.00. The monoisotopic (exact) mass is 203 g/mol. The number of pyridine rings is 1. The highest BCUT2D eigenvalue weighted by molar-refractivity contribution is 7.89. The molecule has 0 bridgehead atoms. The Morgan fingerprint density at radius 1 is 1.54 bits per heavy atom. The van der Waals surface area contributed by atoms with Crippen molar-refractivity contribution < 1.29 is 12.8 Å². The molecule has 3 nitrogen and oxygen atoms in total. The van der Waals surface area contributed by atoms with Crippen molar-refractivity contribution in [2.45, 2.75) is 12.7 Å². The van der Waals surface area contributed by atoms with Crippen LogP contribution >= 0.6 is 0 Å². The molecular weight excluding hydrogens is 193 g/mol. The minimum Gasteiger partial charge on any atom is -0.258 e. The molecule has 72 valence electrons. The lowest BCUT2D eigenvalue weighted by Crippen LogP contribution is -2.02. The van der Waals surface area contributed by atoms with Gasteiger partial charge in [-0.15, -0.1) is 0 Å². The molecule has 0 fully saturated rings. The number of sulfone groups is 1. The zero-order valence-electron chi connectivity index (χ0n) is 7.41. The van der Waals surface area contributed by atoms with Crippen molar-refractivity contribution in [2.75, 3.05) is 6.26 Å². The Hall–Kier alpha value is -0.970. The van der Waals surface area contributed by atoms with Gasteiger partial charge in [-0.25, -0.2) is 12.8 Å². The van der Waals surface area contributed by atoms with Crippen LogP contribution in [-0.4, -0.2) is 19.7 Å². The normalized spacial score (nSPS) is 11.6. The molecule has 0 aliphatic carbocycles. The van der Waals surface area contributed by atoms with E-state index in [9.17, 15) is 12.8 Å². The zero-order valence-corrected chi connectivity index (χ0v) is 8.23. The van der Waals surface area contributed by atoms with E-state index in [1.807, 2.05) is 0 Å². The van der Waals surface area contributed by atoms with E-state index in [-0.39, 0.29) is 11.4 Å². The van der Waals surface area contributed by atoms with E-state index in [1.54, 1.807) is 0 Å². The number of aryl methyl sites for hydroxylation is 1. The topological polar surface area (TPSA) is 47.0 Å². The van der Waals surface area contributed by atoms with Gasteiger partial charge < -0.3 is 0 Å². The van der Waals surface area contributed by atoms with Crippen LogP contribution in [0.4, 0.5) is 4.39 Å². The number of nitrogens with zero attached hydrogens (tertiary/aromatic N) is 1. The van der Waals surface area contributed by atoms with E-state index < -0.39 is 15.7 Å². The largest absolute Gasteiger partial charge is 0.258 e. The van der Waals surface area contributed by atoms with Gasteiger partial charge in [-0.3, -0.25) is 4.98 Å². The average Bonchev–Trinajstić information content (AvgIpc) is 1.94. The van der Waals surface area contributed by atoms with Crippen LogP contribution in [0.25, 0.3) is 0 Å². The van der Waals surface area contributed by atoms with Gasteiger partial charge in [0.15, 0.2) is 9.84 Å². The predicted octanol–water partition coefficient (Wildman–Crippen LogP) is 1.07. The van der Waals surface area contributed by atoms with Gasteiger partial charge in [0.1, 0.15) is 5.82 Å². The van der Waals surface area contributed by atoms with Crippen molar-refractivity contribution >= 4 is 9.84 Å². The van der Waals surface area contributed by atoms with Crippen LogP contribution in [0.5, 0.6) is 0 Å². The average molecular weight is 203 g/mol. The Labute approximate surface area is 76.5 Å². The Bertz CT molecular complexity index is 414. The zero-order chi connectivity index (χ0) is 10.1. The summed E-state index contributed by atoms with van der Waals surface area (Å²) in [7, 11) is -3.11. The summed E-state index contributed by atoms with van der Waals surface area (Å²) in [6.45, 7) is 1.53. The van der Waals surface area contributed by atoms with E-state index in [1.165, 1.54) is 19.2 Å². The number of rotatable bonds is 2. The van der Waals surface area contributed by atoms with E-state index in [0.717, 1.165) is 6.26 Å². The van der Waals surface area contributed by atoms with Gasteiger partial charge in [-0.2, -0.15) is 0 Å². The number of hydrogen-bond acceptors (Lipinski definition) is 3. The summed E-state index contributed by atoms with van der Waals surface area (Å²) in [4.78, 5) is 3.72. The van der Waals surface area contributed by atoms with E-state index >= 15 is 0 Å². The Balaban J connectivity index is 2.99. The first kappa shape index (κ1) is 10.1. The minimum atomic E-state index is -3.11. The molecule has 0 aliphatic heterocycles. The van der Waals surface area contributed by atoms with E-state index in [0.29, 0.717) is 5.56 Å². The summed E-state index contributed by atoms with van der Waals surface area (Å²) in [6, 6.07) is 1.20. The van der Waals surface area contributed by atoms with Crippen LogP contribution in [0.15, 0.2) is 12.3 Å². The standard InChI is InChI=1S/C8H10FNO2S/c1-6-8(9)3-7(4-10-6)5-13(2,11)12/h3-4H,5H2,1-2H3. The van der Waals surface area contributed by atoms with Crippen molar-refractivity contribution in [1.82, 2.24) is 4.98 Å². The van der Waals surface area contributed by atoms with Crippen LogP contribution in [-0.2, 0) is 15.6 Å². The van der Waals surface area contributed by atoms with Crippen molar-refractivity contribution in [3.05, 3.63) is 29.3 Å². The molecule has 5 heteroatoms. The van der Waals surface area contributed by atoms with Crippen molar-refractivity contribution in [3.8, 4) is 0 Å². The summed E-state index contributed by atoms with van der Waals surface area (Å²) < 4.78 is 34.6. The fraction of sp³-hybridized carbons (Fsp3) is 0.375. The van der Waals surface area contributed by atoms with Gasteiger partial charge >= 0.3 is 0 Å². The highest BCUT2D eigenvalue weighted by Gasteiger charge is 2.06. The first-order valence-electron chi connectivity index (χ1n) is 3.67. The van der Waals surface area contributed by atoms with Crippen molar-refractivity contribution in [2.24, 2.45) is 0 Å². The molecule has 1 aromatic rings. The molecule has 0 radical (unpaired) electrons. The molecule has 1 aromatic heterocycles. The van der Waals surface area contributed by atoms with Crippen LogP contribution in [0.2, 0.25) is 0 Å². The second-order valence-corrected chi connectivity index (χ2v) is 5.12. The third kappa shape index (κ3) is 3.10. The third-order valence-electron chi connectivity index (χ3n) is 1.51. The summed E-state index contributed by atoms with van der Waals surface area (Å²) in [5, 5.41) is 0. The van der Waals surface area contributed by atoms with Crippen LogP contribution < -0.4 is 0 Å².